The highest BCUT2D eigenvalue weighted by atomic mass is 32.2. The summed E-state index contributed by atoms with van der Waals surface area (Å²) < 4.78 is 26.6. The first-order chi connectivity index (χ1) is 8.86. The Morgan fingerprint density at radius 2 is 2.11 bits per heavy atom. The summed E-state index contributed by atoms with van der Waals surface area (Å²) in [6.07, 6.45) is 3.04. The molecule has 1 aromatic rings. The summed E-state index contributed by atoms with van der Waals surface area (Å²) in [7, 11) is -3.55. The van der Waals surface area contributed by atoms with Crippen molar-refractivity contribution in [2.24, 2.45) is 0 Å². The average molecular weight is 283 g/mol. The van der Waals surface area contributed by atoms with E-state index >= 15 is 0 Å². The van der Waals surface area contributed by atoms with Gasteiger partial charge in [0, 0.05) is 12.6 Å². The van der Waals surface area contributed by atoms with Crippen molar-refractivity contribution in [1.29, 1.82) is 0 Å². The van der Waals surface area contributed by atoms with Gasteiger partial charge in [-0.05, 0) is 36.6 Å². The van der Waals surface area contributed by atoms with Gasteiger partial charge in [0.15, 0.2) is 0 Å². The molecule has 0 aliphatic rings. The molecule has 0 radical (unpaired) electrons. The van der Waals surface area contributed by atoms with Crippen molar-refractivity contribution in [2.45, 2.75) is 25.2 Å². The standard InChI is InChI=1S/C13H17NO4S/c1-3-8-14-19(17,18)12-9-11(5-4-10(12)2)6-7-13(15)16/h4-7,9,14H,3,8H2,1-2H3,(H,15,16). The van der Waals surface area contributed by atoms with Gasteiger partial charge in [0.25, 0.3) is 0 Å². The minimum atomic E-state index is -3.55. The third-order valence-electron chi connectivity index (χ3n) is 2.46. The summed E-state index contributed by atoms with van der Waals surface area (Å²) in [6, 6.07) is 4.79. The zero-order valence-electron chi connectivity index (χ0n) is 10.9. The number of benzene rings is 1. The number of hydrogen-bond acceptors (Lipinski definition) is 3. The average Bonchev–Trinajstić information content (AvgIpc) is 2.35. The molecule has 0 amide bonds. The summed E-state index contributed by atoms with van der Waals surface area (Å²) in [5, 5.41) is 8.56. The number of aryl methyl sites for hydroxylation is 1. The molecule has 0 heterocycles. The van der Waals surface area contributed by atoms with E-state index in [1.165, 1.54) is 12.1 Å². The monoisotopic (exact) mass is 283 g/mol. The SMILES string of the molecule is CCCNS(=O)(=O)c1cc(C=CC(=O)O)ccc1C. The predicted octanol–water partition coefficient (Wildman–Crippen LogP) is 1.78. The van der Waals surface area contributed by atoms with E-state index in [2.05, 4.69) is 4.72 Å². The summed E-state index contributed by atoms with van der Waals surface area (Å²) in [5.41, 5.74) is 1.15. The third kappa shape index (κ3) is 4.50. The van der Waals surface area contributed by atoms with Crippen LogP contribution in [0.2, 0.25) is 0 Å². The van der Waals surface area contributed by atoms with Crippen molar-refractivity contribution in [3.63, 3.8) is 0 Å². The highest BCUT2D eigenvalue weighted by Crippen LogP contribution is 2.17. The topological polar surface area (TPSA) is 83.5 Å². The van der Waals surface area contributed by atoms with Crippen LogP contribution in [-0.2, 0) is 14.8 Å². The van der Waals surface area contributed by atoms with E-state index in [0.29, 0.717) is 24.1 Å². The van der Waals surface area contributed by atoms with Crippen LogP contribution in [-0.4, -0.2) is 26.0 Å². The summed E-state index contributed by atoms with van der Waals surface area (Å²) >= 11 is 0. The number of carboxylic acid groups (broad SMARTS) is 1. The van der Waals surface area contributed by atoms with E-state index in [9.17, 15) is 13.2 Å². The zero-order valence-corrected chi connectivity index (χ0v) is 11.7. The van der Waals surface area contributed by atoms with Gasteiger partial charge in [0.2, 0.25) is 10.0 Å². The lowest BCUT2D eigenvalue weighted by atomic mass is 10.1. The number of sulfonamides is 1. The molecular weight excluding hydrogens is 266 g/mol. The van der Waals surface area contributed by atoms with Gasteiger partial charge in [-0.1, -0.05) is 19.1 Å². The van der Waals surface area contributed by atoms with Crippen molar-refractivity contribution in [3.05, 3.63) is 35.4 Å². The van der Waals surface area contributed by atoms with Crippen LogP contribution < -0.4 is 4.72 Å². The molecule has 0 atom stereocenters. The first-order valence-electron chi connectivity index (χ1n) is 5.88. The number of rotatable bonds is 6. The Labute approximate surface area is 113 Å². The fourth-order valence-electron chi connectivity index (χ4n) is 1.49. The van der Waals surface area contributed by atoms with Crippen molar-refractivity contribution in [3.8, 4) is 0 Å². The molecule has 0 spiro atoms. The second-order valence-electron chi connectivity index (χ2n) is 4.09. The van der Waals surface area contributed by atoms with Gasteiger partial charge in [-0.3, -0.25) is 0 Å². The maximum atomic E-state index is 12.1. The number of hydrogen-bond donors (Lipinski definition) is 2. The molecule has 1 aromatic carbocycles. The number of nitrogens with one attached hydrogen (secondary N) is 1. The number of carbonyl (C=O) groups is 1. The molecule has 0 aliphatic carbocycles. The maximum Gasteiger partial charge on any atom is 0.328 e. The number of aliphatic carboxylic acids is 1. The first-order valence-corrected chi connectivity index (χ1v) is 7.36. The maximum absolute atomic E-state index is 12.1. The Morgan fingerprint density at radius 3 is 2.68 bits per heavy atom. The molecule has 6 heteroatoms. The second-order valence-corrected chi connectivity index (χ2v) is 5.83. The molecule has 5 nitrogen and oxygen atoms in total. The lowest BCUT2D eigenvalue weighted by Gasteiger charge is -2.09. The molecule has 0 fully saturated rings. The Balaban J connectivity index is 3.13. The van der Waals surface area contributed by atoms with E-state index in [1.54, 1.807) is 19.1 Å². The minimum Gasteiger partial charge on any atom is -0.478 e. The van der Waals surface area contributed by atoms with Crippen LogP contribution in [0.3, 0.4) is 0 Å². The molecule has 19 heavy (non-hydrogen) atoms. The van der Waals surface area contributed by atoms with E-state index in [-0.39, 0.29) is 4.90 Å². The molecular formula is C13H17NO4S. The Morgan fingerprint density at radius 1 is 1.42 bits per heavy atom. The highest BCUT2D eigenvalue weighted by molar-refractivity contribution is 7.89. The van der Waals surface area contributed by atoms with Crippen molar-refractivity contribution >= 4 is 22.1 Å². The molecule has 0 bridgehead atoms. The molecule has 0 saturated heterocycles. The number of carboxylic acids is 1. The van der Waals surface area contributed by atoms with Crippen LogP contribution in [0.25, 0.3) is 6.08 Å². The van der Waals surface area contributed by atoms with E-state index in [4.69, 9.17) is 5.11 Å². The fourth-order valence-corrected chi connectivity index (χ4v) is 2.90. The van der Waals surface area contributed by atoms with Crippen LogP contribution in [0.4, 0.5) is 0 Å². The normalized spacial score (nSPS) is 11.9. The van der Waals surface area contributed by atoms with Gasteiger partial charge in [-0.25, -0.2) is 17.9 Å². The van der Waals surface area contributed by atoms with E-state index < -0.39 is 16.0 Å². The van der Waals surface area contributed by atoms with Crippen LogP contribution in [0.5, 0.6) is 0 Å². The van der Waals surface area contributed by atoms with E-state index in [1.807, 2.05) is 6.92 Å². The van der Waals surface area contributed by atoms with E-state index in [0.717, 1.165) is 6.08 Å². The van der Waals surface area contributed by atoms with Gasteiger partial charge in [0.05, 0.1) is 4.90 Å². The highest BCUT2D eigenvalue weighted by Gasteiger charge is 2.15. The van der Waals surface area contributed by atoms with Crippen molar-refractivity contribution in [1.82, 2.24) is 4.72 Å². The van der Waals surface area contributed by atoms with Crippen molar-refractivity contribution < 1.29 is 18.3 Å². The summed E-state index contributed by atoms with van der Waals surface area (Å²) in [5.74, 6) is -1.07. The Kier molecular flexibility index (Phi) is 5.26. The molecule has 0 aromatic heterocycles. The second kappa shape index (κ2) is 6.49. The largest absolute Gasteiger partial charge is 0.478 e. The predicted molar refractivity (Wildman–Crippen MR) is 73.3 cm³/mol. The smallest absolute Gasteiger partial charge is 0.328 e. The molecule has 0 saturated carbocycles. The van der Waals surface area contributed by atoms with Crippen molar-refractivity contribution in [2.75, 3.05) is 6.54 Å². The lowest BCUT2D eigenvalue weighted by molar-refractivity contribution is -0.131. The molecule has 1 rings (SSSR count). The van der Waals surface area contributed by atoms with Crippen LogP contribution in [0.1, 0.15) is 24.5 Å². The first kappa shape index (κ1) is 15.4. The summed E-state index contributed by atoms with van der Waals surface area (Å²) in [4.78, 5) is 10.6. The zero-order chi connectivity index (χ0) is 14.5. The fraction of sp³-hybridized carbons (Fsp3) is 0.308. The van der Waals surface area contributed by atoms with Crippen LogP contribution in [0.15, 0.2) is 29.2 Å². The van der Waals surface area contributed by atoms with Gasteiger partial charge in [-0.15, -0.1) is 0 Å². The quantitative estimate of drug-likeness (QED) is 0.779. The van der Waals surface area contributed by atoms with Gasteiger partial charge < -0.3 is 5.11 Å². The van der Waals surface area contributed by atoms with Crippen LogP contribution >= 0.6 is 0 Å². The molecule has 0 aliphatic heterocycles. The molecule has 104 valence electrons. The van der Waals surface area contributed by atoms with Gasteiger partial charge in [0.1, 0.15) is 0 Å². The van der Waals surface area contributed by atoms with Crippen LogP contribution in [0, 0.1) is 6.92 Å². The van der Waals surface area contributed by atoms with Gasteiger partial charge >= 0.3 is 5.97 Å². The lowest BCUT2D eigenvalue weighted by Crippen LogP contribution is -2.25. The Bertz CT molecular complexity index is 591. The minimum absolute atomic E-state index is 0.175. The molecule has 2 N–H and O–H groups in total. The molecule has 0 unspecified atom stereocenters. The third-order valence-corrected chi connectivity index (χ3v) is 4.07. The van der Waals surface area contributed by atoms with Gasteiger partial charge in [-0.2, -0.15) is 0 Å². The summed E-state index contributed by atoms with van der Waals surface area (Å²) in [6.45, 7) is 3.95. The Hall–Kier alpha value is -1.66.